The highest BCUT2D eigenvalue weighted by atomic mass is 32.2. The van der Waals surface area contributed by atoms with Crippen LogP contribution in [-0.4, -0.2) is 41.1 Å². The molecule has 1 amide bonds. The van der Waals surface area contributed by atoms with E-state index in [1.54, 1.807) is 0 Å². The second-order valence-corrected chi connectivity index (χ2v) is 7.94. The summed E-state index contributed by atoms with van der Waals surface area (Å²) in [5.74, 6) is 0.285. The molecular weight excluding hydrogens is 356 g/mol. The summed E-state index contributed by atoms with van der Waals surface area (Å²) in [4.78, 5) is 12.2. The fourth-order valence-corrected chi connectivity index (χ4v) is 4.17. The SMILES string of the molecule is CCc1ccccc1NC(=O)CSc1nnc(NC[C@@H]2CCCO2)s1. The number of aromatic nitrogens is 2. The van der Waals surface area contributed by atoms with Crippen molar-refractivity contribution >= 4 is 39.8 Å². The van der Waals surface area contributed by atoms with Crippen molar-refractivity contribution in [2.75, 3.05) is 29.5 Å². The van der Waals surface area contributed by atoms with Crippen molar-refractivity contribution < 1.29 is 9.53 Å². The molecule has 1 aromatic heterocycles. The van der Waals surface area contributed by atoms with E-state index >= 15 is 0 Å². The van der Waals surface area contributed by atoms with E-state index in [9.17, 15) is 4.79 Å². The molecule has 2 heterocycles. The van der Waals surface area contributed by atoms with E-state index in [4.69, 9.17) is 4.74 Å². The van der Waals surface area contributed by atoms with E-state index in [1.165, 1.54) is 23.1 Å². The van der Waals surface area contributed by atoms with Crippen LogP contribution in [0.4, 0.5) is 10.8 Å². The number of thioether (sulfide) groups is 1. The molecule has 1 aliphatic heterocycles. The monoisotopic (exact) mass is 378 g/mol. The highest BCUT2D eigenvalue weighted by Crippen LogP contribution is 2.26. The number of hydrogen-bond acceptors (Lipinski definition) is 7. The predicted octanol–water partition coefficient (Wildman–Crippen LogP) is 3.42. The number of ether oxygens (including phenoxy) is 1. The van der Waals surface area contributed by atoms with Crippen LogP contribution in [0.2, 0.25) is 0 Å². The standard InChI is InChI=1S/C17H22N4O2S2/c1-2-12-6-3-4-8-14(12)19-15(22)11-24-17-21-20-16(25-17)18-10-13-7-5-9-23-13/h3-4,6,8,13H,2,5,7,9-11H2,1H3,(H,18,20)(H,19,22)/t13-/m0/s1. The summed E-state index contributed by atoms with van der Waals surface area (Å²) >= 11 is 2.87. The van der Waals surface area contributed by atoms with Gasteiger partial charge in [0.1, 0.15) is 0 Å². The Morgan fingerprint density at radius 1 is 1.40 bits per heavy atom. The van der Waals surface area contributed by atoms with Gasteiger partial charge < -0.3 is 15.4 Å². The minimum atomic E-state index is -0.0324. The van der Waals surface area contributed by atoms with Crippen LogP contribution in [0.25, 0.3) is 0 Å². The topological polar surface area (TPSA) is 76.1 Å². The third-order valence-electron chi connectivity index (χ3n) is 3.91. The second kappa shape index (κ2) is 9.17. The fourth-order valence-electron chi connectivity index (χ4n) is 2.61. The van der Waals surface area contributed by atoms with Crippen LogP contribution in [0.5, 0.6) is 0 Å². The summed E-state index contributed by atoms with van der Waals surface area (Å²) in [5, 5.41) is 15.2. The molecule has 1 fully saturated rings. The van der Waals surface area contributed by atoms with Crippen LogP contribution < -0.4 is 10.6 Å². The zero-order valence-electron chi connectivity index (χ0n) is 14.2. The Morgan fingerprint density at radius 2 is 2.28 bits per heavy atom. The normalized spacial score (nSPS) is 16.8. The highest BCUT2D eigenvalue weighted by Gasteiger charge is 2.16. The molecule has 1 saturated heterocycles. The lowest BCUT2D eigenvalue weighted by Gasteiger charge is -2.09. The maximum atomic E-state index is 12.2. The van der Waals surface area contributed by atoms with Crippen LogP contribution in [0.1, 0.15) is 25.3 Å². The molecule has 0 spiro atoms. The fraction of sp³-hybridized carbons (Fsp3) is 0.471. The van der Waals surface area contributed by atoms with Crippen molar-refractivity contribution in [1.29, 1.82) is 0 Å². The molecular formula is C17H22N4O2S2. The zero-order chi connectivity index (χ0) is 17.5. The number of hydrogen-bond donors (Lipinski definition) is 2. The molecule has 0 saturated carbocycles. The van der Waals surface area contributed by atoms with Crippen molar-refractivity contribution in [3.8, 4) is 0 Å². The number of nitrogens with zero attached hydrogens (tertiary/aromatic N) is 2. The summed E-state index contributed by atoms with van der Waals surface area (Å²) in [6, 6.07) is 7.87. The molecule has 1 atom stereocenters. The third kappa shape index (κ3) is 5.42. The van der Waals surface area contributed by atoms with Crippen molar-refractivity contribution in [1.82, 2.24) is 10.2 Å². The van der Waals surface area contributed by atoms with E-state index < -0.39 is 0 Å². The van der Waals surface area contributed by atoms with E-state index in [1.807, 2.05) is 24.3 Å². The number of anilines is 2. The second-order valence-electron chi connectivity index (χ2n) is 5.74. The summed E-state index contributed by atoms with van der Waals surface area (Å²) in [6.07, 6.45) is 3.37. The Hall–Kier alpha value is -1.64. The zero-order valence-corrected chi connectivity index (χ0v) is 15.8. The summed E-state index contributed by atoms with van der Waals surface area (Å²) in [5.41, 5.74) is 2.02. The van der Waals surface area contributed by atoms with Gasteiger partial charge in [-0.2, -0.15) is 0 Å². The van der Waals surface area contributed by atoms with Gasteiger partial charge in [0.15, 0.2) is 4.34 Å². The van der Waals surface area contributed by atoms with Gasteiger partial charge in [0.2, 0.25) is 11.0 Å². The van der Waals surface area contributed by atoms with Crippen LogP contribution in [0.15, 0.2) is 28.6 Å². The Balaban J connectivity index is 1.44. The Kier molecular flexibility index (Phi) is 6.66. The summed E-state index contributed by atoms with van der Waals surface area (Å²) in [6.45, 7) is 3.68. The first-order valence-corrected chi connectivity index (χ1v) is 10.2. The number of rotatable bonds is 8. The first-order valence-electron chi connectivity index (χ1n) is 8.44. The van der Waals surface area contributed by atoms with Gasteiger partial charge in [0, 0.05) is 18.8 Å². The molecule has 25 heavy (non-hydrogen) atoms. The lowest BCUT2D eigenvalue weighted by Crippen LogP contribution is -2.18. The molecule has 0 unspecified atom stereocenters. The van der Waals surface area contributed by atoms with Gasteiger partial charge in [0.25, 0.3) is 0 Å². The molecule has 2 N–H and O–H groups in total. The van der Waals surface area contributed by atoms with Gasteiger partial charge in [-0.05, 0) is 30.9 Å². The van der Waals surface area contributed by atoms with Crippen molar-refractivity contribution in [3.05, 3.63) is 29.8 Å². The number of carbonyl (C=O) groups is 1. The number of benzene rings is 1. The van der Waals surface area contributed by atoms with Crippen LogP contribution >= 0.6 is 23.1 Å². The molecule has 134 valence electrons. The van der Waals surface area contributed by atoms with E-state index in [0.29, 0.717) is 5.75 Å². The minimum Gasteiger partial charge on any atom is -0.376 e. The Morgan fingerprint density at radius 3 is 3.08 bits per heavy atom. The molecule has 6 nitrogen and oxygen atoms in total. The molecule has 2 aromatic rings. The Labute approximate surface area is 155 Å². The van der Waals surface area contributed by atoms with Gasteiger partial charge in [-0.1, -0.05) is 48.2 Å². The number of amides is 1. The summed E-state index contributed by atoms with van der Waals surface area (Å²) < 4.78 is 6.36. The van der Waals surface area contributed by atoms with Gasteiger partial charge in [-0.3, -0.25) is 4.79 Å². The maximum Gasteiger partial charge on any atom is 0.234 e. The van der Waals surface area contributed by atoms with Crippen molar-refractivity contribution in [3.63, 3.8) is 0 Å². The number of carbonyl (C=O) groups excluding carboxylic acids is 1. The smallest absolute Gasteiger partial charge is 0.234 e. The first-order chi connectivity index (χ1) is 12.2. The molecule has 1 aliphatic rings. The van der Waals surface area contributed by atoms with Crippen LogP contribution in [-0.2, 0) is 16.0 Å². The minimum absolute atomic E-state index is 0.0324. The average Bonchev–Trinajstić information content (AvgIpc) is 3.30. The van der Waals surface area contributed by atoms with Crippen LogP contribution in [0, 0.1) is 0 Å². The lowest BCUT2D eigenvalue weighted by atomic mass is 10.1. The average molecular weight is 379 g/mol. The van der Waals surface area contributed by atoms with Gasteiger partial charge in [-0.15, -0.1) is 10.2 Å². The molecule has 0 bridgehead atoms. The largest absolute Gasteiger partial charge is 0.376 e. The molecule has 0 radical (unpaired) electrons. The van der Waals surface area contributed by atoms with Gasteiger partial charge in [-0.25, -0.2) is 0 Å². The molecule has 3 rings (SSSR count). The van der Waals surface area contributed by atoms with Crippen LogP contribution in [0.3, 0.4) is 0 Å². The van der Waals surface area contributed by atoms with E-state index in [2.05, 4.69) is 27.8 Å². The number of aryl methyl sites for hydroxylation is 1. The quantitative estimate of drug-likeness (QED) is 0.686. The molecule has 1 aromatic carbocycles. The Bertz CT molecular complexity index is 701. The predicted molar refractivity (Wildman–Crippen MR) is 103 cm³/mol. The van der Waals surface area contributed by atoms with Gasteiger partial charge >= 0.3 is 0 Å². The number of nitrogens with one attached hydrogen (secondary N) is 2. The molecule has 8 heteroatoms. The van der Waals surface area contributed by atoms with Crippen molar-refractivity contribution in [2.45, 2.75) is 36.6 Å². The lowest BCUT2D eigenvalue weighted by molar-refractivity contribution is -0.113. The number of para-hydroxylation sites is 1. The van der Waals surface area contributed by atoms with Crippen molar-refractivity contribution in [2.24, 2.45) is 0 Å². The highest BCUT2D eigenvalue weighted by molar-refractivity contribution is 8.01. The van der Waals surface area contributed by atoms with Gasteiger partial charge in [0.05, 0.1) is 11.9 Å². The van der Waals surface area contributed by atoms with E-state index in [-0.39, 0.29) is 12.0 Å². The summed E-state index contributed by atoms with van der Waals surface area (Å²) in [7, 11) is 0. The maximum absolute atomic E-state index is 12.2. The van der Waals surface area contributed by atoms with E-state index in [0.717, 1.165) is 53.1 Å². The third-order valence-corrected chi connectivity index (χ3v) is 5.92. The molecule has 0 aliphatic carbocycles. The first kappa shape index (κ1) is 18.2.